The van der Waals surface area contributed by atoms with Gasteiger partial charge in [0.2, 0.25) is 0 Å². The number of hydrogen-bond donors (Lipinski definition) is 0. The van der Waals surface area contributed by atoms with E-state index in [1.165, 1.54) is 24.3 Å². The van der Waals surface area contributed by atoms with Crippen molar-refractivity contribution in [3.05, 3.63) is 29.8 Å². The fourth-order valence-electron chi connectivity index (χ4n) is 0.884. The van der Waals surface area contributed by atoms with Gasteiger partial charge in [-0.25, -0.2) is 4.78 Å². The van der Waals surface area contributed by atoms with Crippen molar-refractivity contribution in [2.45, 2.75) is 6.36 Å². The Hall–Kier alpha value is -1.10. The predicted molar refractivity (Wildman–Crippen MR) is 48.5 cm³/mol. The average molecular weight is 214 g/mol. The zero-order valence-electron chi connectivity index (χ0n) is 7.35. The Balaban J connectivity index is 2.77. The van der Waals surface area contributed by atoms with Gasteiger partial charge in [-0.1, -0.05) is 5.92 Å². The van der Waals surface area contributed by atoms with Gasteiger partial charge in [0.25, 0.3) is 0 Å². The first-order valence-electron chi connectivity index (χ1n) is 3.80. The van der Waals surface area contributed by atoms with E-state index in [-0.39, 0.29) is 5.75 Å². The Morgan fingerprint density at radius 2 is 1.71 bits per heavy atom. The molecular weight excluding hydrogens is 208 g/mol. The van der Waals surface area contributed by atoms with Crippen LogP contribution in [0.3, 0.4) is 0 Å². The van der Waals surface area contributed by atoms with E-state index in [0.29, 0.717) is 5.56 Å². The summed E-state index contributed by atoms with van der Waals surface area (Å²) < 4.78 is 38.9. The number of halogens is 3. The largest absolute Gasteiger partial charge is 0.573 e. The smallest absolute Gasteiger partial charge is 0.406 e. The highest BCUT2D eigenvalue weighted by Crippen LogP contribution is 2.22. The van der Waals surface area contributed by atoms with Crippen molar-refractivity contribution in [1.82, 2.24) is 0 Å². The fraction of sp³-hybridized carbons (Fsp3) is 0.111. The molecule has 5 heteroatoms. The van der Waals surface area contributed by atoms with Crippen LogP contribution in [-0.2, 0) is 0 Å². The summed E-state index contributed by atoms with van der Waals surface area (Å²) in [7, 11) is 0. The van der Waals surface area contributed by atoms with Crippen molar-refractivity contribution >= 4 is 16.3 Å². The van der Waals surface area contributed by atoms with Gasteiger partial charge in [0.05, 0.1) is 0 Å². The standard InChI is InChI=1S/C9H4F3O.Al.2H/c1-2-7-3-5-8(6-4-7)13-9(10,11)12;;;/h3-6H;;;. The molecule has 0 aliphatic carbocycles. The van der Waals surface area contributed by atoms with Gasteiger partial charge < -0.3 is 4.74 Å². The lowest BCUT2D eigenvalue weighted by Crippen LogP contribution is -2.16. The van der Waals surface area contributed by atoms with Crippen molar-refractivity contribution in [3.8, 4) is 16.5 Å². The number of ether oxygens (including phenoxy) is 1. The van der Waals surface area contributed by atoms with Crippen LogP contribution in [0, 0.1) is 10.7 Å². The lowest BCUT2D eigenvalue weighted by molar-refractivity contribution is -0.274. The quantitative estimate of drug-likeness (QED) is 0.508. The maximum Gasteiger partial charge on any atom is 0.573 e. The number of alkyl halides is 3. The molecule has 0 unspecified atom stereocenters. The van der Waals surface area contributed by atoms with Gasteiger partial charge in [0.15, 0.2) is 0 Å². The molecule has 0 N–H and O–H groups in total. The molecule has 14 heavy (non-hydrogen) atoms. The summed E-state index contributed by atoms with van der Waals surface area (Å²) in [5, 5.41) is 0. The first kappa shape index (κ1) is 11.0. The average Bonchev–Trinajstić information content (AvgIpc) is 2.06. The van der Waals surface area contributed by atoms with E-state index in [1.54, 1.807) is 0 Å². The van der Waals surface area contributed by atoms with Gasteiger partial charge >= 0.3 is 22.7 Å². The molecule has 0 amide bonds. The highest BCUT2D eigenvalue weighted by Gasteiger charge is 2.30. The van der Waals surface area contributed by atoms with E-state index in [2.05, 4.69) is 15.4 Å². The third-order valence-corrected chi connectivity index (χ3v) is 1.61. The van der Waals surface area contributed by atoms with Crippen LogP contribution in [0.2, 0.25) is 0 Å². The fourth-order valence-corrected chi connectivity index (χ4v) is 1.17. The van der Waals surface area contributed by atoms with E-state index in [9.17, 15) is 13.2 Å². The zero-order valence-corrected chi connectivity index (χ0v) is 9.35. The van der Waals surface area contributed by atoms with Crippen LogP contribution in [-0.4, -0.2) is 22.7 Å². The third kappa shape index (κ3) is 3.74. The van der Waals surface area contributed by atoms with Crippen molar-refractivity contribution < 1.29 is 17.9 Å². The Morgan fingerprint density at radius 1 is 1.14 bits per heavy atom. The molecule has 0 atom stereocenters. The maximum atomic E-state index is 11.7. The SMILES string of the molecule is FC(F)(F)Oc1ccc(C#[C][AlH2])cc1. The Labute approximate surface area is 87.3 Å². The minimum atomic E-state index is -4.63. The van der Waals surface area contributed by atoms with Crippen molar-refractivity contribution in [2.75, 3.05) is 0 Å². The van der Waals surface area contributed by atoms with E-state index < -0.39 is 6.36 Å². The highest BCUT2D eigenvalue weighted by atomic mass is 27.0. The molecule has 1 nitrogen and oxygen atoms in total. The van der Waals surface area contributed by atoms with Crippen molar-refractivity contribution in [3.63, 3.8) is 0 Å². The number of benzene rings is 1. The van der Waals surface area contributed by atoms with Crippen LogP contribution < -0.4 is 4.74 Å². The molecule has 1 aromatic rings. The van der Waals surface area contributed by atoms with E-state index >= 15 is 0 Å². The van der Waals surface area contributed by atoms with Gasteiger partial charge in [-0.05, 0) is 24.3 Å². The molecule has 0 fully saturated rings. The summed E-state index contributed by atoms with van der Waals surface area (Å²) in [4.78, 5) is 2.78. The second-order valence-corrected chi connectivity index (χ2v) is 2.95. The summed E-state index contributed by atoms with van der Waals surface area (Å²) in [6, 6.07) is 5.47. The molecule has 0 spiro atoms. The molecular formula is C9H6AlF3O. The Kier molecular flexibility index (Phi) is 3.46. The van der Waals surface area contributed by atoms with Crippen molar-refractivity contribution in [1.29, 1.82) is 0 Å². The third-order valence-electron chi connectivity index (χ3n) is 1.36. The van der Waals surface area contributed by atoms with Crippen LogP contribution >= 0.6 is 0 Å². The summed E-state index contributed by atoms with van der Waals surface area (Å²) in [6.45, 7) is 0. The van der Waals surface area contributed by atoms with Gasteiger partial charge in [-0.3, -0.25) is 0 Å². The molecule has 0 saturated heterocycles. The second kappa shape index (κ2) is 4.41. The maximum absolute atomic E-state index is 11.7. The summed E-state index contributed by atoms with van der Waals surface area (Å²) >= 11 is 0.743. The van der Waals surface area contributed by atoms with Crippen LogP contribution in [0.1, 0.15) is 5.56 Å². The van der Waals surface area contributed by atoms with Crippen LogP contribution in [0.15, 0.2) is 24.3 Å². The minimum Gasteiger partial charge on any atom is -0.406 e. The molecule has 0 aromatic heterocycles. The normalized spacial score (nSPS) is 10.2. The second-order valence-electron chi connectivity index (χ2n) is 2.45. The van der Waals surface area contributed by atoms with Crippen LogP contribution in [0.25, 0.3) is 0 Å². The van der Waals surface area contributed by atoms with Gasteiger partial charge in [0, 0.05) is 5.56 Å². The molecule has 72 valence electrons. The summed E-state index contributed by atoms with van der Waals surface area (Å²) in [5.41, 5.74) is 0.689. The van der Waals surface area contributed by atoms with E-state index in [0.717, 1.165) is 16.3 Å². The Morgan fingerprint density at radius 3 is 2.14 bits per heavy atom. The lowest BCUT2D eigenvalue weighted by Gasteiger charge is -2.07. The van der Waals surface area contributed by atoms with E-state index in [4.69, 9.17) is 0 Å². The summed E-state index contributed by atoms with van der Waals surface area (Å²) in [5.74, 6) is 2.55. The van der Waals surface area contributed by atoms with Gasteiger partial charge in [0.1, 0.15) is 5.75 Å². The lowest BCUT2D eigenvalue weighted by atomic mass is 10.2. The van der Waals surface area contributed by atoms with Crippen LogP contribution in [0.4, 0.5) is 13.2 Å². The highest BCUT2D eigenvalue weighted by molar-refractivity contribution is 6.22. The molecule has 0 radical (unpaired) electrons. The first-order valence-corrected chi connectivity index (χ1v) is 4.80. The number of rotatable bonds is 1. The molecule has 1 rings (SSSR count). The van der Waals surface area contributed by atoms with Gasteiger partial charge in [-0.2, -0.15) is 0 Å². The molecule has 1 aromatic carbocycles. The zero-order chi connectivity index (χ0) is 10.6. The Bertz CT molecular complexity index is 358. The number of hydrogen-bond acceptors (Lipinski definition) is 1. The van der Waals surface area contributed by atoms with Gasteiger partial charge in [-0.15, -0.1) is 13.2 Å². The summed E-state index contributed by atoms with van der Waals surface area (Å²) in [6.07, 6.45) is -4.63. The monoisotopic (exact) mass is 214 g/mol. The van der Waals surface area contributed by atoms with Crippen LogP contribution in [0.5, 0.6) is 5.75 Å². The first-order chi connectivity index (χ1) is 6.51. The minimum absolute atomic E-state index is 0.226. The molecule has 0 heterocycles. The molecule has 0 saturated carbocycles. The molecule has 0 bridgehead atoms. The van der Waals surface area contributed by atoms with Crippen molar-refractivity contribution in [2.24, 2.45) is 0 Å². The molecule has 0 aliphatic rings. The van der Waals surface area contributed by atoms with E-state index in [1.807, 2.05) is 0 Å². The molecule has 0 aliphatic heterocycles. The predicted octanol–water partition coefficient (Wildman–Crippen LogP) is 1.53. The topological polar surface area (TPSA) is 9.23 Å².